The molecule has 1 unspecified atom stereocenters. The molecule has 18 heavy (non-hydrogen) atoms. The Morgan fingerprint density at radius 3 is 2.39 bits per heavy atom. The highest BCUT2D eigenvalue weighted by Crippen LogP contribution is 2.07. The molecule has 0 fully saturated rings. The topological polar surface area (TPSA) is 83.6 Å². The van der Waals surface area contributed by atoms with Crippen molar-refractivity contribution in [2.75, 3.05) is 7.05 Å². The second kappa shape index (κ2) is 6.16. The Bertz CT molecular complexity index is 428. The molecule has 0 aromatic heterocycles. The molecule has 0 radical (unpaired) electrons. The van der Waals surface area contributed by atoms with Crippen LogP contribution >= 0.6 is 0 Å². The normalized spacial score (nSPS) is 11.9. The number of carboxylic acids is 1. The molecule has 5 heteroatoms. The van der Waals surface area contributed by atoms with Gasteiger partial charge in [0.1, 0.15) is 6.04 Å². The summed E-state index contributed by atoms with van der Waals surface area (Å²) >= 11 is 0. The summed E-state index contributed by atoms with van der Waals surface area (Å²) in [5.74, 6) is -1.43. The molecule has 98 valence electrons. The van der Waals surface area contributed by atoms with Crippen LogP contribution in [0.15, 0.2) is 24.3 Å². The number of hydrogen-bond donors (Lipinski definition) is 2. The summed E-state index contributed by atoms with van der Waals surface area (Å²) in [6, 6.07) is 6.68. The molecule has 1 atom stereocenters. The van der Waals surface area contributed by atoms with Gasteiger partial charge in [-0.2, -0.15) is 0 Å². The van der Waals surface area contributed by atoms with Gasteiger partial charge in [0.2, 0.25) is 5.91 Å². The Balaban J connectivity index is 2.54. The average Bonchev–Trinajstić information content (AvgIpc) is 2.31. The standard InChI is InChI=1S/C13H18N2O3/c1-9-3-5-10(6-4-9)8-15(2)12(16)7-11(14)13(17)18/h3-6,11H,7-8,14H2,1-2H3,(H,17,18). The maximum absolute atomic E-state index is 11.7. The van der Waals surface area contributed by atoms with Crippen molar-refractivity contribution >= 4 is 11.9 Å². The number of amides is 1. The van der Waals surface area contributed by atoms with E-state index in [0.29, 0.717) is 6.54 Å². The number of hydrogen-bond acceptors (Lipinski definition) is 3. The molecule has 0 aliphatic carbocycles. The Morgan fingerprint density at radius 1 is 1.33 bits per heavy atom. The maximum Gasteiger partial charge on any atom is 0.321 e. The van der Waals surface area contributed by atoms with Crippen LogP contribution in [0.25, 0.3) is 0 Å². The molecule has 3 N–H and O–H groups in total. The van der Waals surface area contributed by atoms with Crippen LogP contribution in [-0.2, 0) is 16.1 Å². The maximum atomic E-state index is 11.7. The molecule has 1 rings (SSSR count). The lowest BCUT2D eigenvalue weighted by Crippen LogP contribution is -2.37. The molecule has 0 spiro atoms. The second-order valence-corrected chi connectivity index (χ2v) is 4.38. The fourth-order valence-electron chi connectivity index (χ4n) is 1.49. The minimum atomic E-state index is -1.16. The summed E-state index contributed by atoms with van der Waals surface area (Å²) in [7, 11) is 1.64. The molecule has 0 saturated carbocycles. The number of aryl methyl sites for hydroxylation is 1. The van der Waals surface area contributed by atoms with Crippen molar-refractivity contribution in [1.82, 2.24) is 4.90 Å². The predicted molar refractivity (Wildman–Crippen MR) is 67.9 cm³/mol. The van der Waals surface area contributed by atoms with Crippen molar-refractivity contribution in [3.63, 3.8) is 0 Å². The number of carboxylic acid groups (broad SMARTS) is 1. The van der Waals surface area contributed by atoms with Crippen LogP contribution in [0.4, 0.5) is 0 Å². The van der Waals surface area contributed by atoms with Crippen molar-refractivity contribution in [3.8, 4) is 0 Å². The summed E-state index contributed by atoms with van der Waals surface area (Å²) in [5.41, 5.74) is 7.48. The van der Waals surface area contributed by atoms with Gasteiger partial charge in [-0.05, 0) is 12.5 Å². The number of benzene rings is 1. The first-order valence-corrected chi connectivity index (χ1v) is 5.68. The van der Waals surface area contributed by atoms with E-state index in [1.807, 2.05) is 31.2 Å². The van der Waals surface area contributed by atoms with Crippen LogP contribution in [-0.4, -0.2) is 35.0 Å². The van der Waals surface area contributed by atoms with Gasteiger partial charge in [-0.15, -0.1) is 0 Å². The number of aliphatic carboxylic acids is 1. The lowest BCUT2D eigenvalue weighted by Gasteiger charge is -2.18. The molecule has 0 aliphatic heterocycles. The molecule has 0 saturated heterocycles. The summed E-state index contributed by atoms with van der Waals surface area (Å²) < 4.78 is 0. The van der Waals surface area contributed by atoms with E-state index >= 15 is 0 Å². The third kappa shape index (κ3) is 4.18. The fourth-order valence-corrected chi connectivity index (χ4v) is 1.49. The van der Waals surface area contributed by atoms with Crippen LogP contribution in [0, 0.1) is 6.92 Å². The van der Waals surface area contributed by atoms with Crippen LogP contribution in [0.1, 0.15) is 17.5 Å². The lowest BCUT2D eigenvalue weighted by atomic mass is 10.1. The number of rotatable bonds is 5. The van der Waals surface area contributed by atoms with Gasteiger partial charge in [0, 0.05) is 13.6 Å². The Kier molecular flexibility index (Phi) is 4.85. The van der Waals surface area contributed by atoms with E-state index in [1.165, 1.54) is 4.90 Å². The van der Waals surface area contributed by atoms with E-state index < -0.39 is 12.0 Å². The van der Waals surface area contributed by atoms with Crippen molar-refractivity contribution in [2.45, 2.75) is 25.9 Å². The van der Waals surface area contributed by atoms with Gasteiger partial charge in [0.05, 0.1) is 6.42 Å². The second-order valence-electron chi connectivity index (χ2n) is 4.38. The first kappa shape index (κ1) is 14.2. The Labute approximate surface area is 106 Å². The van der Waals surface area contributed by atoms with Crippen LogP contribution in [0.3, 0.4) is 0 Å². The summed E-state index contributed by atoms with van der Waals surface area (Å²) in [6.07, 6.45) is -0.183. The minimum Gasteiger partial charge on any atom is -0.480 e. The summed E-state index contributed by atoms with van der Waals surface area (Å²) in [5, 5.41) is 8.64. The molecular weight excluding hydrogens is 232 g/mol. The zero-order chi connectivity index (χ0) is 13.7. The molecule has 1 amide bonds. The van der Waals surface area contributed by atoms with Gasteiger partial charge >= 0.3 is 5.97 Å². The Hall–Kier alpha value is -1.88. The molecule has 1 aromatic carbocycles. The quantitative estimate of drug-likeness (QED) is 0.808. The third-order valence-electron chi connectivity index (χ3n) is 2.68. The van der Waals surface area contributed by atoms with Gasteiger partial charge in [-0.3, -0.25) is 9.59 Å². The number of carbonyl (C=O) groups is 2. The van der Waals surface area contributed by atoms with Crippen molar-refractivity contribution in [3.05, 3.63) is 35.4 Å². The van der Waals surface area contributed by atoms with Gasteiger partial charge < -0.3 is 15.7 Å². The first-order chi connectivity index (χ1) is 8.40. The van der Waals surface area contributed by atoms with Crippen molar-refractivity contribution in [2.24, 2.45) is 5.73 Å². The number of carbonyl (C=O) groups excluding carboxylic acids is 1. The largest absolute Gasteiger partial charge is 0.480 e. The lowest BCUT2D eigenvalue weighted by molar-refractivity contribution is -0.142. The molecule has 1 aromatic rings. The van der Waals surface area contributed by atoms with Gasteiger partial charge in [0.25, 0.3) is 0 Å². The van der Waals surface area contributed by atoms with Crippen LogP contribution in [0.2, 0.25) is 0 Å². The van der Waals surface area contributed by atoms with Gasteiger partial charge in [-0.25, -0.2) is 0 Å². The molecular formula is C13H18N2O3. The minimum absolute atomic E-state index is 0.183. The molecule has 0 aliphatic rings. The predicted octanol–water partition coefficient (Wildman–Crippen LogP) is 0.755. The number of nitrogens with two attached hydrogens (primary N) is 1. The molecule has 0 heterocycles. The van der Waals surface area contributed by atoms with Gasteiger partial charge in [0.15, 0.2) is 0 Å². The SMILES string of the molecule is Cc1ccc(CN(C)C(=O)CC(N)C(=O)O)cc1. The van der Waals surface area contributed by atoms with E-state index in [-0.39, 0.29) is 12.3 Å². The summed E-state index contributed by atoms with van der Waals surface area (Å²) in [4.78, 5) is 23.7. The van der Waals surface area contributed by atoms with Gasteiger partial charge in [-0.1, -0.05) is 29.8 Å². The van der Waals surface area contributed by atoms with E-state index in [4.69, 9.17) is 10.8 Å². The zero-order valence-electron chi connectivity index (χ0n) is 10.6. The first-order valence-electron chi connectivity index (χ1n) is 5.68. The van der Waals surface area contributed by atoms with E-state index in [1.54, 1.807) is 7.05 Å². The van der Waals surface area contributed by atoms with E-state index in [0.717, 1.165) is 11.1 Å². The van der Waals surface area contributed by atoms with E-state index in [9.17, 15) is 9.59 Å². The van der Waals surface area contributed by atoms with Crippen molar-refractivity contribution < 1.29 is 14.7 Å². The smallest absolute Gasteiger partial charge is 0.321 e. The monoisotopic (exact) mass is 250 g/mol. The van der Waals surface area contributed by atoms with Crippen molar-refractivity contribution in [1.29, 1.82) is 0 Å². The summed E-state index contributed by atoms with van der Waals surface area (Å²) in [6.45, 7) is 2.44. The highest BCUT2D eigenvalue weighted by Gasteiger charge is 2.18. The zero-order valence-corrected chi connectivity index (χ0v) is 10.6. The average molecular weight is 250 g/mol. The number of nitrogens with zero attached hydrogens (tertiary/aromatic N) is 1. The highest BCUT2D eigenvalue weighted by molar-refractivity contribution is 5.84. The molecule has 0 bridgehead atoms. The van der Waals surface area contributed by atoms with Crippen LogP contribution < -0.4 is 5.73 Å². The fraction of sp³-hybridized carbons (Fsp3) is 0.385. The molecule has 5 nitrogen and oxygen atoms in total. The van der Waals surface area contributed by atoms with Crippen LogP contribution in [0.5, 0.6) is 0 Å². The Morgan fingerprint density at radius 2 is 1.89 bits per heavy atom. The third-order valence-corrected chi connectivity index (χ3v) is 2.68. The van der Waals surface area contributed by atoms with E-state index in [2.05, 4.69) is 0 Å². The highest BCUT2D eigenvalue weighted by atomic mass is 16.4.